The Kier molecular flexibility index (Phi) is 4.95. The SMILES string of the molecule is COC(=NS(=O)(=O)c1ccccc1C)Nc1nc(C)cc(C)n1. The van der Waals surface area contributed by atoms with Crippen molar-refractivity contribution >= 4 is 22.0 Å². The van der Waals surface area contributed by atoms with Crippen molar-refractivity contribution in [3.05, 3.63) is 47.3 Å². The van der Waals surface area contributed by atoms with Crippen LogP contribution in [0.5, 0.6) is 0 Å². The average molecular weight is 334 g/mol. The van der Waals surface area contributed by atoms with E-state index >= 15 is 0 Å². The predicted octanol–water partition coefficient (Wildman–Crippen LogP) is 2.21. The lowest BCUT2D eigenvalue weighted by Crippen LogP contribution is -2.19. The minimum atomic E-state index is -3.90. The summed E-state index contributed by atoms with van der Waals surface area (Å²) < 4.78 is 33.5. The van der Waals surface area contributed by atoms with E-state index in [0.29, 0.717) is 5.56 Å². The second-order valence-electron chi connectivity index (χ2n) is 4.94. The van der Waals surface area contributed by atoms with E-state index in [2.05, 4.69) is 19.7 Å². The third kappa shape index (κ3) is 4.26. The number of rotatable bonds is 3. The molecule has 0 atom stereocenters. The van der Waals surface area contributed by atoms with E-state index in [1.165, 1.54) is 13.2 Å². The minimum absolute atomic E-state index is 0.123. The van der Waals surface area contributed by atoms with Gasteiger partial charge >= 0.3 is 6.02 Å². The third-order valence-corrected chi connectivity index (χ3v) is 4.39. The summed E-state index contributed by atoms with van der Waals surface area (Å²) in [6.07, 6.45) is 0. The van der Waals surface area contributed by atoms with Crippen molar-refractivity contribution in [2.45, 2.75) is 25.7 Å². The van der Waals surface area contributed by atoms with Crippen LogP contribution in [0.2, 0.25) is 0 Å². The molecular formula is C15H18N4O3S. The second kappa shape index (κ2) is 6.74. The third-order valence-electron chi connectivity index (χ3n) is 2.97. The summed E-state index contributed by atoms with van der Waals surface area (Å²) in [6, 6.07) is 8.21. The van der Waals surface area contributed by atoms with Crippen LogP contribution in [0.15, 0.2) is 39.6 Å². The van der Waals surface area contributed by atoms with Crippen molar-refractivity contribution in [3.63, 3.8) is 0 Å². The van der Waals surface area contributed by atoms with Gasteiger partial charge < -0.3 is 4.74 Å². The Balaban J connectivity index is 2.36. The second-order valence-corrected chi connectivity index (χ2v) is 6.51. The number of anilines is 1. The van der Waals surface area contributed by atoms with Gasteiger partial charge in [0, 0.05) is 11.4 Å². The van der Waals surface area contributed by atoms with E-state index in [0.717, 1.165) is 11.4 Å². The number of nitrogens with one attached hydrogen (secondary N) is 1. The van der Waals surface area contributed by atoms with Crippen LogP contribution in [0, 0.1) is 20.8 Å². The van der Waals surface area contributed by atoms with E-state index in [1.54, 1.807) is 31.2 Å². The number of nitrogens with zero attached hydrogens (tertiary/aromatic N) is 3. The Morgan fingerprint density at radius 3 is 2.30 bits per heavy atom. The van der Waals surface area contributed by atoms with E-state index in [1.807, 2.05) is 13.8 Å². The van der Waals surface area contributed by atoms with Gasteiger partial charge in [-0.15, -0.1) is 4.40 Å². The first-order valence-corrected chi connectivity index (χ1v) is 8.30. The van der Waals surface area contributed by atoms with Crippen molar-refractivity contribution in [1.82, 2.24) is 9.97 Å². The molecule has 0 fully saturated rings. The standard InChI is InChI=1S/C15H18N4O3S/c1-10-7-5-6-8-13(10)23(20,21)19-15(22-4)18-14-16-11(2)9-12(3)17-14/h5-9H,1-4H3,(H,16,17,18,19). The summed E-state index contributed by atoms with van der Waals surface area (Å²) in [4.78, 5) is 8.45. The van der Waals surface area contributed by atoms with Crippen LogP contribution in [-0.4, -0.2) is 31.5 Å². The topological polar surface area (TPSA) is 93.5 Å². The quantitative estimate of drug-likeness (QED) is 0.683. The van der Waals surface area contributed by atoms with Gasteiger partial charge in [0.05, 0.1) is 12.0 Å². The van der Waals surface area contributed by atoms with Gasteiger partial charge in [-0.3, -0.25) is 5.32 Å². The number of benzene rings is 1. The number of sulfonamides is 1. The molecule has 1 aromatic carbocycles. The van der Waals surface area contributed by atoms with Gasteiger partial charge in [0.2, 0.25) is 5.95 Å². The molecule has 2 aromatic rings. The molecule has 1 N–H and O–H groups in total. The van der Waals surface area contributed by atoms with E-state index < -0.39 is 10.0 Å². The molecule has 0 bridgehead atoms. The first kappa shape index (κ1) is 16.9. The monoisotopic (exact) mass is 334 g/mol. The normalized spacial score (nSPS) is 12.1. The van der Waals surface area contributed by atoms with Gasteiger partial charge in [0.1, 0.15) is 0 Å². The van der Waals surface area contributed by atoms with Crippen molar-refractivity contribution in [2.24, 2.45) is 4.40 Å². The maximum atomic E-state index is 12.4. The molecule has 1 heterocycles. The molecule has 0 spiro atoms. The maximum Gasteiger partial charge on any atom is 0.307 e. The van der Waals surface area contributed by atoms with Crippen molar-refractivity contribution in [3.8, 4) is 0 Å². The van der Waals surface area contributed by atoms with Crippen molar-refractivity contribution in [2.75, 3.05) is 12.4 Å². The summed E-state index contributed by atoms with van der Waals surface area (Å²) in [6.45, 7) is 5.33. The van der Waals surface area contributed by atoms with Crippen LogP contribution in [-0.2, 0) is 14.8 Å². The number of methoxy groups -OCH3 is 1. The van der Waals surface area contributed by atoms with Crippen molar-refractivity contribution < 1.29 is 13.2 Å². The molecule has 0 saturated carbocycles. The first-order valence-electron chi connectivity index (χ1n) is 6.86. The highest BCUT2D eigenvalue weighted by molar-refractivity contribution is 7.90. The van der Waals surface area contributed by atoms with Crippen LogP contribution in [0.3, 0.4) is 0 Å². The Labute approximate surface area is 135 Å². The molecule has 0 saturated heterocycles. The fourth-order valence-corrected chi connectivity index (χ4v) is 3.16. The molecule has 1 aromatic heterocycles. The molecular weight excluding hydrogens is 316 g/mol. The average Bonchev–Trinajstić information content (AvgIpc) is 2.45. The van der Waals surface area contributed by atoms with Crippen LogP contribution in [0.25, 0.3) is 0 Å². The first-order chi connectivity index (χ1) is 10.8. The highest BCUT2D eigenvalue weighted by atomic mass is 32.2. The van der Waals surface area contributed by atoms with Gasteiger partial charge in [0.25, 0.3) is 10.0 Å². The molecule has 0 aliphatic heterocycles. The van der Waals surface area contributed by atoms with Gasteiger partial charge in [-0.1, -0.05) is 18.2 Å². The summed E-state index contributed by atoms with van der Waals surface area (Å²) in [7, 11) is -2.58. The molecule has 0 aliphatic rings. The number of amidine groups is 1. The highest BCUT2D eigenvalue weighted by Gasteiger charge is 2.17. The van der Waals surface area contributed by atoms with Crippen molar-refractivity contribution in [1.29, 1.82) is 0 Å². The molecule has 2 rings (SSSR count). The smallest absolute Gasteiger partial charge is 0.307 e. The summed E-state index contributed by atoms with van der Waals surface area (Å²) in [5.74, 6) is 0.225. The number of hydrogen-bond donors (Lipinski definition) is 1. The maximum absolute atomic E-state index is 12.4. The zero-order valence-electron chi connectivity index (χ0n) is 13.4. The molecule has 0 radical (unpaired) electrons. The lowest BCUT2D eigenvalue weighted by atomic mass is 10.2. The molecule has 0 amide bonds. The largest absolute Gasteiger partial charge is 0.468 e. The molecule has 23 heavy (non-hydrogen) atoms. The minimum Gasteiger partial charge on any atom is -0.468 e. The lowest BCUT2D eigenvalue weighted by molar-refractivity contribution is 0.402. The van der Waals surface area contributed by atoms with Crippen LogP contribution in [0.1, 0.15) is 17.0 Å². The Bertz CT molecular complexity index is 827. The summed E-state index contributed by atoms with van der Waals surface area (Å²) in [5, 5.41) is 2.68. The summed E-state index contributed by atoms with van der Waals surface area (Å²) >= 11 is 0. The van der Waals surface area contributed by atoms with Gasteiger partial charge in [-0.05, 0) is 38.5 Å². The lowest BCUT2D eigenvalue weighted by Gasteiger charge is -2.09. The zero-order chi connectivity index (χ0) is 17.0. The zero-order valence-corrected chi connectivity index (χ0v) is 14.2. The van der Waals surface area contributed by atoms with Gasteiger partial charge in [-0.25, -0.2) is 9.97 Å². The molecule has 7 nitrogen and oxygen atoms in total. The molecule has 0 aliphatic carbocycles. The Morgan fingerprint density at radius 1 is 1.13 bits per heavy atom. The van der Waals surface area contributed by atoms with E-state index in [9.17, 15) is 8.42 Å². The van der Waals surface area contributed by atoms with Gasteiger partial charge in [0.15, 0.2) is 0 Å². The highest BCUT2D eigenvalue weighted by Crippen LogP contribution is 2.17. The predicted molar refractivity (Wildman–Crippen MR) is 87.9 cm³/mol. The number of ether oxygens (including phenoxy) is 1. The van der Waals surface area contributed by atoms with E-state index in [-0.39, 0.29) is 16.9 Å². The summed E-state index contributed by atoms with van der Waals surface area (Å²) in [5.41, 5.74) is 2.10. The van der Waals surface area contributed by atoms with Crippen LogP contribution in [0.4, 0.5) is 5.95 Å². The molecule has 0 unspecified atom stereocenters. The molecule has 122 valence electrons. The fraction of sp³-hybridized carbons (Fsp3) is 0.267. The Morgan fingerprint density at radius 2 is 1.74 bits per heavy atom. The van der Waals surface area contributed by atoms with Crippen LogP contribution < -0.4 is 5.32 Å². The Hall–Kier alpha value is -2.48. The van der Waals surface area contributed by atoms with Crippen LogP contribution >= 0.6 is 0 Å². The van der Waals surface area contributed by atoms with Gasteiger partial charge in [-0.2, -0.15) is 8.42 Å². The number of aromatic nitrogens is 2. The number of hydrogen-bond acceptors (Lipinski definition) is 5. The molecule has 8 heteroatoms. The van der Waals surface area contributed by atoms with E-state index in [4.69, 9.17) is 4.74 Å². The fourth-order valence-electron chi connectivity index (χ4n) is 1.99. The number of aryl methyl sites for hydroxylation is 3.